The Morgan fingerprint density at radius 1 is 1.22 bits per heavy atom. The molecule has 0 aromatic carbocycles. The molecule has 96 valence electrons. The molecule has 5 rings (SSSR count). The van der Waals surface area contributed by atoms with E-state index in [1.165, 1.54) is 25.7 Å². The van der Waals surface area contributed by atoms with E-state index in [9.17, 15) is 0 Å². The molecule has 4 heteroatoms. The third-order valence-electron chi connectivity index (χ3n) is 4.57. The Morgan fingerprint density at radius 3 is 2.56 bits per heavy atom. The van der Waals surface area contributed by atoms with Gasteiger partial charge in [0.2, 0.25) is 0 Å². The zero-order chi connectivity index (χ0) is 12.1. The Morgan fingerprint density at radius 2 is 1.94 bits per heavy atom. The number of fused-ring (bicyclic) bond motifs is 2. The Bertz CT molecular complexity index is 453. The van der Waals surface area contributed by atoms with E-state index in [4.69, 9.17) is 4.98 Å². The fraction of sp³-hybridized carbons (Fsp3) is 0.714. The normalized spacial score (nSPS) is 30.8. The van der Waals surface area contributed by atoms with Crippen molar-refractivity contribution in [2.24, 2.45) is 0 Å². The van der Waals surface area contributed by atoms with Crippen molar-refractivity contribution >= 4 is 5.82 Å². The number of aromatic nitrogens is 2. The summed E-state index contributed by atoms with van der Waals surface area (Å²) in [6, 6.07) is 3.52. The number of hydrogen-bond donors (Lipinski definition) is 1. The zero-order valence-electron chi connectivity index (χ0n) is 10.9. The van der Waals surface area contributed by atoms with Crippen LogP contribution in [0.4, 0.5) is 5.82 Å². The summed E-state index contributed by atoms with van der Waals surface area (Å²) >= 11 is 0. The minimum atomic E-state index is 0.626. The Kier molecular flexibility index (Phi) is 2.34. The quantitative estimate of drug-likeness (QED) is 0.858. The van der Waals surface area contributed by atoms with Crippen LogP contribution in [0, 0.1) is 6.92 Å². The number of rotatable bonds is 2. The predicted octanol–water partition coefficient (Wildman–Crippen LogP) is 1.60. The lowest BCUT2D eigenvalue weighted by molar-refractivity contribution is 0.225. The second-order valence-electron chi connectivity index (χ2n) is 6.05. The summed E-state index contributed by atoms with van der Waals surface area (Å²) in [6.45, 7) is 4.31. The van der Waals surface area contributed by atoms with Crippen molar-refractivity contribution < 1.29 is 0 Å². The number of aryl methyl sites for hydroxylation is 1. The lowest BCUT2D eigenvalue weighted by atomic mass is 9.85. The molecule has 0 spiro atoms. The highest BCUT2D eigenvalue weighted by molar-refractivity contribution is 5.42. The van der Waals surface area contributed by atoms with E-state index < -0.39 is 0 Å². The van der Waals surface area contributed by atoms with Crippen LogP contribution in [-0.4, -0.2) is 35.1 Å². The molecule has 1 saturated carbocycles. The number of piperazine rings is 1. The molecule has 1 aromatic heterocycles. The summed E-state index contributed by atoms with van der Waals surface area (Å²) in [4.78, 5) is 11.9. The maximum atomic E-state index is 4.82. The van der Waals surface area contributed by atoms with Crippen molar-refractivity contribution in [2.75, 3.05) is 18.0 Å². The standard InChI is InChI=1S/C14H20N4/c1-9-5-13(17-14(15-9)10-3-2-4-10)18-7-11-6-12(8-18)16-11/h5,10-12,16H,2-4,6-8H2,1H3. The van der Waals surface area contributed by atoms with E-state index in [1.807, 2.05) is 0 Å². The van der Waals surface area contributed by atoms with Gasteiger partial charge in [0.1, 0.15) is 11.6 Å². The third kappa shape index (κ3) is 1.70. The number of anilines is 1. The van der Waals surface area contributed by atoms with Crippen LogP contribution in [0.3, 0.4) is 0 Å². The minimum absolute atomic E-state index is 0.626. The van der Waals surface area contributed by atoms with Crippen LogP contribution < -0.4 is 10.2 Å². The predicted molar refractivity (Wildman–Crippen MR) is 70.9 cm³/mol. The van der Waals surface area contributed by atoms with E-state index in [0.29, 0.717) is 18.0 Å². The Hall–Kier alpha value is -1.16. The van der Waals surface area contributed by atoms with Gasteiger partial charge in [0.25, 0.3) is 0 Å². The SMILES string of the molecule is Cc1cc(N2CC3CC(C2)N3)nc(C2CCC2)n1. The van der Waals surface area contributed by atoms with E-state index >= 15 is 0 Å². The monoisotopic (exact) mass is 244 g/mol. The first kappa shape index (κ1) is 10.7. The topological polar surface area (TPSA) is 41.0 Å². The van der Waals surface area contributed by atoms with Gasteiger partial charge in [0.15, 0.2) is 0 Å². The Labute approximate surface area is 108 Å². The van der Waals surface area contributed by atoms with Gasteiger partial charge in [-0.2, -0.15) is 0 Å². The molecule has 2 bridgehead atoms. The molecule has 4 fully saturated rings. The van der Waals surface area contributed by atoms with Crippen molar-refractivity contribution in [1.29, 1.82) is 0 Å². The van der Waals surface area contributed by atoms with Gasteiger partial charge in [-0.15, -0.1) is 0 Å². The average Bonchev–Trinajstić information content (AvgIpc) is 2.25. The summed E-state index contributed by atoms with van der Waals surface area (Å²) in [5.41, 5.74) is 1.12. The second-order valence-corrected chi connectivity index (χ2v) is 6.05. The van der Waals surface area contributed by atoms with Gasteiger partial charge >= 0.3 is 0 Å². The van der Waals surface area contributed by atoms with Crippen LogP contribution >= 0.6 is 0 Å². The molecule has 2 atom stereocenters. The molecule has 0 amide bonds. The van der Waals surface area contributed by atoms with Crippen LogP contribution in [0.5, 0.6) is 0 Å². The highest BCUT2D eigenvalue weighted by Crippen LogP contribution is 2.35. The fourth-order valence-electron chi connectivity index (χ4n) is 3.29. The molecule has 3 saturated heterocycles. The van der Waals surface area contributed by atoms with Gasteiger partial charge in [0, 0.05) is 42.9 Å². The van der Waals surface area contributed by atoms with Crippen molar-refractivity contribution in [2.45, 2.75) is 50.6 Å². The highest BCUT2D eigenvalue weighted by atomic mass is 15.3. The van der Waals surface area contributed by atoms with Crippen LogP contribution in [0.1, 0.15) is 43.1 Å². The van der Waals surface area contributed by atoms with Gasteiger partial charge in [-0.25, -0.2) is 9.97 Å². The summed E-state index contributed by atoms with van der Waals surface area (Å²) < 4.78 is 0. The van der Waals surface area contributed by atoms with Crippen LogP contribution in [0.15, 0.2) is 6.07 Å². The minimum Gasteiger partial charge on any atom is -0.353 e. The summed E-state index contributed by atoms with van der Waals surface area (Å²) in [6.07, 6.45) is 5.23. The summed E-state index contributed by atoms with van der Waals surface area (Å²) in [7, 11) is 0. The third-order valence-corrected chi connectivity index (χ3v) is 4.57. The number of hydrogen-bond acceptors (Lipinski definition) is 4. The van der Waals surface area contributed by atoms with Gasteiger partial charge < -0.3 is 10.2 Å². The molecule has 1 aliphatic carbocycles. The fourth-order valence-corrected chi connectivity index (χ4v) is 3.29. The van der Waals surface area contributed by atoms with Gasteiger partial charge in [0.05, 0.1) is 0 Å². The smallest absolute Gasteiger partial charge is 0.134 e. The molecule has 18 heavy (non-hydrogen) atoms. The molecule has 4 heterocycles. The van der Waals surface area contributed by atoms with Crippen LogP contribution in [0.2, 0.25) is 0 Å². The molecule has 4 aliphatic rings. The van der Waals surface area contributed by atoms with Crippen LogP contribution in [-0.2, 0) is 0 Å². The first-order chi connectivity index (χ1) is 8.78. The van der Waals surface area contributed by atoms with Crippen molar-refractivity contribution in [3.05, 3.63) is 17.6 Å². The highest BCUT2D eigenvalue weighted by Gasteiger charge is 2.37. The van der Waals surface area contributed by atoms with Crippen molar-refractivity contribution in [1.82, 2.24) is 15.3 Å². The Balaban J connectivity index is 1.61. The first-order valence-corrected chi connectivity index (χ1v) is 7.14. The second kappa shape index (κ2) is 3.92. The van der Waals surface area contributed by atoms with Crippen LogP contribution in [0.25, 0.3) is 0 Å². The molecular formula is C14H20N4. The average molecular weight is 244 g/mol. The number of nitrogens with one attached hydrogen (secondary N) is 1. The maximum Gasteiger partial charge on any atom is 0.134 e. The molecule has 2 unspecified atom stereocenters. The van der Waals surface area contributed by atoms with Gasteiger partial charge in [-0.1, -0.05) is 6.42 Å². The van der Waals surface area contributed by atoms with Crippen molar-refractivity contribution in [3.63, 3.8) is 0 Å². The molecular weight excluding hydrogens is 224 g/mol. The molecule has 4 nitrogen and oxygen atoms in total. The molecule has 3 aliphatic heterocycles. The lowest BCUT2D eigenvalue weighted by Crippen LogP contribution is -2.67. The first-order valence-electron chi connectivity index (χ1n) is 7.14. The van der Waals surface area contributed by atoms with Crippen molar-refractivity contribution in [3.8, 4) is 0 Å². The molecule has 1 aromatic rings. The maximum absolute atomic E-state index is 4.82. The lowest BCUT2D eigenvalue weighted by Gasteiger charge is -2.48. The van der Waals surface area contributed by atoms with Gasteiger partial charge in [-0.3, -0.25) is 0 Å². The summed E-state index contributed by atoms with van der Waals surface area (Å²) in [5, 5.41) is 3.57. The van der Waals surface area contributed by atoms with E-state index in [1.54, 1.807) is 0 Å². The summed E-state index contributed by atoms with van der Waals surface area (Å²) in [5.74, 6) is 2.87. The number of nitrogens with zero attached hydrogens (tertiary/aromatic N) is 3. The zero-order valence-corrected chi connectivity index (χ0v) is 10.9. The molecule has 0 radical (unpaired) electrons. The number of piperidine rings is 1. The molecule has 1 N–H and O–H groups in total. The van der Waals surface area contributed by atoms with E-state index in [0.717, 1.165) is 30.4 Å². The largest absolute Gasteiger partial charge is 0.353 e. The van der Waals surface area contributed by atoms with E-state index in [-0.39, 0.29) is 0 Å². The van der Waals surface area contributed by atoms with E-state index in [2.05, 4.69) is 28.2 Å². The van der Waals surface area contributed by atoms with Gasteiger partial charge in [-0.05, 0) is 26.2 Å².